The quantitative estimate of drug-likeness (QED) is 0.0442. The summed E-state index contributed by atoms with van der Waals surface area (Å²) in [4.78, 5) is 16.4. The third-order valence-corrected chi connectivity index (χ3v) is 20.4. The third kappa shape index (κ3) is 22.4. The molecule has 3 nitrogen and oxygen atoms in total. The fourth-order valence-corrected chi connectivity index (χ4v) is 13.9. The van der Waals surface area contributed by atoms with Crippen LogP contribution in [0.25, 0.3) is 22.3 Å². The van der Waals surface area contributed by atoms with Gasteiger partial charge in [-0.05, 0) is 132 Å². The van der Waals surface area contributed by atoms with Gasteiger partial charge in [-0.25, -0.2) is 0 Å². The van der Waals surface area contributed by atoms with Crippen LogP contribution in [0.5, 0.6) is 0 Å². The van der Waals surface area contributed by atoms with Crippen molar-refractivity contribution >= 4 is 88.8 Å². The summed E-state index contributed by atoms with van der Waals surface area (Å²) >= 11 is 16.1. The number of nitrogens with zero attached hydrogens (tertiary/aromatic N) is 1. The van der Waals surface area contributed by atoms with Crippen LogP contribution < -0.4 is 20.4 Å². The first kappa shape index (κ1) is 80.2. The molecule has 0 unspecified atom stereocenters. The maximum Gasteiger partial charge on any atom is 2.00 e. The van der Waals surface area contributed by atoms with Crippen LogP contribution in [0.3, 0.4) is 0 Å². The second-order valence-electron chi connectivity index (χ2n) is 22.9. The zero-order valence-electron chi connectivity index (χ0n) is 52.6. The minimum absolute atomic E-state index is 0. The average molecular weight is 1440 g/mol. The monoisotopic (exact) mass is 1440 g/mol. The zero-order valence-corrected chi connectivity index (χ0v) is 61.6. The van der Waals surface area contributed by atoms with Crippen molar-refractivity contribution in [2.75, 3.05) is 39.4 Å². The number of hydrogen-bond donors (Lipinski definition) is 0. The Morgan fingerprint density at radius 3 is 0.880 bits per heavy atom. The maximum atomic E-state index is 13.8. The minimum atomic E-state index is -3.13. The van der Waals surface area contributed by atoms with Crippen molar-refractivity contribution < 1.29 is 52.1 Å². The van der Waals surface area contributed by atoms with Crippen molar-refractivity contribution in [2.45, 2.75) is 174 Å². The van der Waals surface area contributed by atoms with Gasteiger partial charge in [0.1, 0.15) is 0 Å². The summed E-state index contributed by atoms with van der Waals surface area (Å²) in [6, 6.07) is 53.2. The molecule has 0 saturated carbocycles. The molecular formula is C72H96CuNO2S5SiW-5. The van der Waals surface area contributed by atoms with Crippen LogP contribution >= 0.6 is 0 Å². The average Bonchev–Trinajstić information content (AvgIpc) is 3.86. The molecule has 1 saturated heterocycles. The van der Waals surface area contributed by atoms with Gasteiger partial charge in [0, 0.05) is 34.3 Å². The van der Waals surface area contributed by atoms with E-state index in [0.29, 0.717) is 35.5 Å². The molecule has 0 amide bonds. The van der Waals surface area contributed by atoms with Crippen LogP contribution in [0.15, 0.2) is 172 Å². The Balaban J connectivity index is 0.00000121. The molecule has 7 aromatic carbocycles. The standard InChI is InChI=1S/C36H50S.C18H15OSi.C8H20N.C6H6S2.C4H8O.Cu.2S.W/c1-20(2)26-16-30(22(5)6)34(31(17-26)23(7)8)28-14-13-15-29(36(28)37)35-32(24(9)10)18-27(21(3)4)19-33(35)25(11)12;19-20(16-10-4-1-5-11-16,17-12-6-2-7-13-17)18-14-8-3-9-15-18;1-5-9(6-2,7-3)8-4;7-5-3-1-2-4-6(5)8;1-2-4-5-3-1;;;;/h13-25,37H,1-12H3;1-15H;5-8H2,1-4H3;1-4,7-8H;1-4H2;;;;/q;-1;+1;;;+2;2*-2;/p-3. The van der Waals surface area contributed by atoms with E-state index in [1.165, 1.54) is 99.1 Å². The van der Waals surface area contributed by atoms with Crippen molar-refractivity contribution in [1.82, 2.24) is 0 Å². The summed E-state index contributed by atoms with van der Waals surface area (Å²) in [5.74, 6) is 2.69. The first-order valence-corrected chi connectivity index (χ1v) is 32.6. The number of quaternary nitrogens is 1. The van der Waals surface area contributed by atoms with Crippen molar-refractivity contribution in [2.24, 2.45) is 0 Å². The summed E-state index contributed by atoms with van der Waals surface area (Å²) < 4.78 is 6.22. The molecule has 83 heavy (non-hydrogen) atoms. The van der Waals surface area contributed by atoms with Gasteiger partial charge in [0.05, 0.1) is 34.5 Å². The molecule has 0 aromatic heterocycles. The van der Waals surface area contributed by atoms with E-state index in [4.69, 9.17) is 42.6 Å². The summed E-state index contributed by atoms with van der Waals surface area (Å²) in [7, 11) is -3.13. The van der Waals surface area contributed by atoms with E-state index in [2.05, 4.69) is 153 Å². The van der Waals surface area contributed by atoms with Gasteiger partial charge in [-0.15, -0.1) is 0 Å². The Kier molecular flexibility index (Phi) is 38.5. The fraction of sp³-hybridized carbons (Fsp3) is 0.417. The Labute approximate surface area is 562 Å². The zero-order chi connectivity index (χ0) is 58.5. The van der Waals surface area contributed by atoms with Crippen molar-refractivity contribution in [3.8, 4) is 22.3 Å². The van der Waals surface area contributed by atoms with Gasteiger partial charge in [-0.2, -0.15) is 14.7 Å². The summed E-state index contributed by atoms with van der Waals surface area (Å²) in [6.45, 7) is 43.9. The number of hydrogen-bond acceptors (Lipinski definition) is 5. The predicted molar refractivity (Wildman–Crippen MR) is 366 cm³/mol. The molecule has 0 N–H and O–H groups in total. The Morgan fingerprint density at radius 1 is 0.422 bits per heavy atom. The molecule has 1 heterocycles. The van der Waals surface area contributed by atoms with Gasteiger partial charge in [0.2, 0.25) is 0 Å². The largest absolute Gasteiger partial charge is 2.00 e. The van der Waals surface area contributed by atoms with Crippen LogP contribution in [-0.2, 0) is 108 Å². The Hall–Kier alpha value is -2.80. The first-order valence-electron chi connectivity index (χ1n) is 29.5. The molecular weight excluding hydrogens is 1350 g/mol. The second-order valence-corrected chi connectivity index (χ2v) is 27.3. The summed E-state index contributed by atoms with van der Waals surface area (Å²) in [6.07, 6.45) is 2.56. The Bertz CT molecular complexity index is 2600. The molecule has 1 radical (unpaired) electrons. The van der Waals surface area contributed by atoms with E-state index in [0.717, 1.165) is 43.5 Å². The van der Waals surface area contributed by atoms with Crippen LogP contribution in [0, 0.1) is 0 Å². The number of benzene rings is 7. The molecule has 7 aromatic rings. The minimum Gasteiger partial charge on any atom is -2.00 e. The number of ether oxygens (including phenoxy) is 1. The van der Waals surface area contributed by atoms with Crippen LogP contribution in [-0.4, -0.2) is 52.2 Å². The van der Waals surface area contributed by atoms with Gasteiger partial charge in [0.15, 0.2) is 0 Å². The smallest absolute Gasteiger partial charge is 2.00 e. The SMILES string of the molecule is C1CCOC1.CC(C)c1cc(C(C)C)c(-c2cccc(-c3c(C(C)C)cc(C(C)C)cc3C(C)C)c2[S-])c(C(C)C)c1.CC[N+](CC)(CC)CC.[Cu+2].[O-][Si](c1ccccc1)(c1ccccc1)c1ccccc1.[S-2].[S-2].[S-]c1ccccc1[S-].[W]. The van der Waals surface area contributed by atoms with E-state index < -0.39 is 8.32 Å². The van der Waals surface area contributed by atoms with Crippen LogP contribution in [0.4, 0.5) is 0 Å². The topological polar surface area (TPSA) is 32.3 Å². The first-order chi connectivity index (χ1) is 37.6. The van der Waals surface area contributed by atoms with Gasteiger partial charge in [-0.1, -0.05) is 256 Å². The van der Waals surface area contributed by atoms with E-state index >= 15 is 0 Å². The second kappa shape index (κ2) is 39.9. The molecule has 8 rings (SSSR count). The maximum absolute atomic E-state index is 13.8. The van der Waals surface area contributed by atoms with Crippen LogP contribution in [0.1, 0.15) is 193 Å². The molecule has 1 fully saturated rings. The summed E-state index contributed by atoms with van der Waals surface area (Å²) in [5.41, 5.74) is 13.7. The molecule has 0 atom stereocenters. The van der Waals surface area contributed by atoms with E-state index in [1.54, 1.807) is 0 Å². The molecule has 457 valence electrons. The predicted octanol–water partition coefficient (Wildman–Crippen LogP) is 16.8. The van der Waals surface area contributed by atoms with Crippen molar-refractivity contribution in [1.29, 1.82) is 0 Å². The van der Waals surface area contributed by atoms with Crippen LogP contribution in [0.2, 0.25) is 0 Å². The van der Waals surface area contributed by atoms with Crippen molar-refractivity contribution in [3.05, 3.63) is 191 Å². The fourth-order valence-electron chi connectivity index (χ4n) is 10.3. The molecule has 1 aliphatic rings. The van der Waals surface area contributed by atoms with Gasteiger partial charge < -0.3 is 78.9 Å². The van der Waals surface area contributed by atoms with Crippen molar-refractivity contribution in [3.63, 3.8) is 0 Å². The van der Waals surface area contributed by atoms with Gasteiger partial charge in [0.25, 0.3) is 0 Å². The third-order valence-electron chi connectivity index (χ3n) is 15.7. The molecule has 0 aliphatic carbocycles. The molecule has 0 spiro atoms. The van der Waals surface area contributed by atoms with E-state index in [-0.39, 0.29) is 65.1 Å². The van der Waals surface area contributed by atoms with E-state index in [1.807, 2.05) is 115 Å². The number of rotatable bonds is 15. The van der Waals surface area contributed by atoms with Gasteiger partial charge in [-0.3, -0.25) is 0 Å². The summed E-state index contributed by atoms with van der Waals surface area (Å²) in [5, 5.41) is 2.70. The van der Waals surface area contributed by atoms with Gasteiger partial charge >= 0.3 is 17.1 Å². The molecule has 0 bridgehead atoms. The normalized spacial score (nSPS) is 11.8. The Morgan fingerprint density at radius 2 is 0.687 bits per heavy atom. The molecule has 11 heteroatoms. The van der Waals surface area contributed by atoms with E-state index in [9.17, 15) is 4.80 Å². The molecule has 1 aliphatic heterocycles.